The number of rotatable bonds is 16. The standard InChI is InChI=1S/2C17H17N3S4/c2*1-13(14-7-3-2-4-8-14)20-15(22-11-5-9-18)16(24-17(20)21)23-12-6-10-19/h2*2-4,7-8,13H,5-6,11-12H2,1H3/t2*13-/m00/s1. The fourth-order valence-electron chi connectivity index (χ4n) is 4.34. The molecule has 0 saturated carbocycles. The van der Waals surface area contributed by atoms with Crippen LogP contribution in [0.2, 0.25) is 0 Å². The summed E-state index contributed by atoms with van der Waals surface area (Å²) < 4.78 is 8.36. The molecule has 0 aliphatic carbocycles. The molecule has 2 aromatic carbocycles. The van der Waals surface area contributed by atoms with Crippen molar-refractivity contribution in [3.05, 3.63) is 79.7 Å². The van der Waals surface area contributed by atoms with Crippen molar-refractivity contribution in [1.82, 2.24) is 9.13 Å². The molecule has 0 aliphatic heterocycles. The Bertz CT molecular complexity index is 1730. The molecule has 248 valence electrons. The first kappa shape index (κ1) is 39.9. The van der Waals surface area contributed by atoms with Crippen molar-refractivity contribution in [1.29, 1.82) is 21.0 Å². The largest absolute Gasteiger partial charge is 0.310 e. The Balaban J connectivity index is 0.000000260. The van der Waals surface area contributed by atoms with Crippen LogP contribution < -0.4 is 0 Å². The highest BCUT2D eigenvalue weighted by Crippen LogP contribution is 2.41. The Hall–Kier alpha value is -2.50. The predicted molar refractivity (Wildman–Crippen MR) is 211 cm³/mol. The SMILES string of the molecule is C[C@@H](c1ccccc1)n1c(SCCC#N)c(SCCC#N)sc1=S.C[C@@H](c1ccccc1)n1c(SCCC#N)c(SCCC#N)sc1=S. The molecule has 48 heavy (non-hydrogen) atoms. The number of thiazole rings is 2. The highest BCUT2D eigenvalue weighted by atomic mass is 32.2. The third-order valence-electron chi connectivity index (χ3n) is 6.68. The number of thioether (sulfide) groups is 4. The minimum Gasteiger partial charge on any atom is -0.310 e. The molecule has 4 rings (SSSR count). The normalized spacial score (nSPS) is 11.6. The van der Waals surface area contributed by atoms with E-state index < -0.39 is 0 Å². The van der Waals surface area contributed by atoms with Crippen molar-refractivity contribution in [3.63, 3.8) is 0 Å². The first-order valence-electron chi connectivity index (χ1n) is 15.0. The second kappa shape index (κ2) is 22.3. The molecule has 0 aliphatic rings. The number of hydrogen-bond acceptors (Lipinski definition) is 12. The Morgan fingerprint density at radius 1 is 0.562 bits per heavy atom. The lowest BCUT2D eigenvalue weighted by Crippen LogP contribution is -2.08. The Kier molecular flexibility index (Phi) is 18.5. The maximum Gasteiger partial charge on any atom is 0.163 e. The summed E-state index contributed by atoms with van der Waals surface area (Å²) in [6.45, 7) is 4.30. The van der Waals surface area contributed by atoms with E-state index in [9.17, 15) is 0 Å². The molecule has 0 N–H and O–H groups in total. The Morgan fingerprint density at radius 2 is 0.875 bits per heavy atom. The summed E-state index contributed by atoms with van der Waals surface area (Å²) in [5, 5.41) is 37.4. The van der Waals surface area contributed by atoms with E-state index in [2.05, 4.69) is 71.5 Å². The van der Waals surface area contributed by atoms with Gasteiger partial charge in [-0.2, -0.15) is 21.0 Å². The van der Waals surface area contributed by atoms with Gasteiger partial charge in [-0.25, -0.2) is 0 Å². The number of hydrogen-bond donors (Lipinski definition) is 0. The van der Waals surface area contributed by atoms with E-state index in [0.717, 1.165) is 49.4 Å². The quantitative estimate of drug-likeness (QED) is 0.0619. The molecule has 2 aromatic heterocycles. The van der Waals surface area contributed by atoms with Crippen LogP contribution in [0.3, 0.4) is 0 Å². The van der Waals surface area contributed by atoms with Crippen molar-refractivity contribution in [2.75, 3.05) is 23.0 Å². The van der Waals surface area contributed by atoms with Crippen LogP contribution in [-0.4, -0.2) is 32.1 Å². The van der Waals surface area contributed by atoms with Crippen LogP contribution >= 0.6 is 94.2 Å². The second-order valence-electron chi connectivity index (χ2n) is 9.86. The third kappa shape index (κ3) is 11.8. The lowest BCUT2D eigenvalue weighted by atomic mass is 10.1. The van der Waals surface area contributed by atoms with Crippen LogP contribution in [0.1, 0.15) is 62.7 Å². The van der Waals surface area contributed by atoms with E-state index in [1.807, 2.05) is 36.4 Å². The molecule has 6 nitrogen and oxygen atoms in total. The van der Waals surface area contributed by atoms with Gasteiger partial charge in [-0.3, -0.25) is 0 Å². The van der Waals surface area contributed by atoms with Gasteiger partial charge in [0.05, 0.1) is 44.8 Å². The van der Waals surface area contributed by atoms with Crippen molar-refractivity contribution in [2.24, 2.45) is 0 Å². The number of benzene rings is 2. The molecule has 4 aromatic rings. The van der Waals surface area contributed by atoms with Gasteiger partial charge < -0.3 is 9.13 Å². The maximum atomic E-state index is 8.82. The summed E-state index contributed by atoms with van der Waals surface area (Å²) >= 11 is 21.2. The van der Waals surface area contributed by atoms with Gasteiger partial charge in [-0.05, 0) is 49.4 Å². The van der Waals surface area contributed by atoms with Gasteiger partial charge in [0, 0.05) is 48.7 Å². The van der Waals surface area contributed by atoms with Crippen molar-refractivity contribution >= 4 is 94.2 Å². The number of nitrogens with zero attached hydrogens (tertiary/aromatic N) is 6. The fraction of sp³-hybridized carbons (Fsp3) is 0.353. The zero-order valence-electron chi connectivity index (χ0n) is 26.5. The Morgan fingerprint density at radius 3 is 1.19 bits per heavy atom. The smallest absolute Gasteiger partial charge is 0.163 e. The number of nitriles is 4. The maximum absolute atomic E-state index is 8.82. The zero-order valence-corrected chi connectivity index (χ0v) is 33.1. The van der Waals surface area contributed by atoms with Gasteiger partial charge in [0.15, 0.2) is 7.91 Å². The summed E-state index contributed by atoms with van der Waals surface area (Å²) in [5.74, 6) is 3.01. The van der Waals surface area contributed by atoms with Gasteiger partial charge in [0.2, 0.25) is 0 Å². The molecule has 0 radical (unpaired) electrons. The minimum atomic E-state index is 0.143. The van der Waals surface area contributed by atoms with E-state index in [4.69, 9.17) is 45.5 Å². The first-order chi connectivity index (χ1) is 23.4. The lowest BCUT2D eigenvalue weighted by molar-refractivity contribution is 0.583. The predicted octanol–water partition coefficient (Wildman–Crippen LogP) is 11.8. The van der Waals surface area contributed by atoms with Crippen molar-refractivity contribution in [3.8, 4) is 24.3 Å². The summed E-state index contributed by atoms with van der Waals surface area (Å²) in [4.78, 5) is 0. The second-order valence-corrected chi connectivity index (χ2v) is 18.0. The van der Waals surface area contributed by atoms with Crippen molar-refractivity contribution in [2.45, 2.75) is 70.1 Å². The van der Waals surface area contributed by atoms with Gasteiger partial charge in [-0.15, -0.1) is 47.0 Å². The summed E-state index contributed by atoms with van der Waals surface area (Å²) in [7, 11) is 0. The van der Waals surface area contributed by atoms with Crippen LogP contribution in [0.4, 0.5) is 0 Å². The summed E-state index contributed by atoms with van der Waals surface area (Å²) in [6, 6.07) is 29.6. The highest BCUT2D eigenvalue weighted by molar-refractivity contribution is 8.04. The van der Waals surface area contributed by atoms with Crippen LogP contribution in [-0.2, 0) is 0 Å². The topological polar surface area (TPSA) is 105 Å². The Labute approximate surface area is 318 Å². The van der Waals surface area contributed by atoms with Gasteiger partial charge in [0.1, 0.15) is 10.1 Å². The van der Waals surface area contributed by atoms with E-state index in [1.54, 1.807) is 69.7 Å². The van der Waals surface area contributed by atoms with Crippen LogP contribution in [0.5, 0.6) is 0 Å². The van der Waals surface area contributed by atoms with Crippen molar-refractivity contribution < 1.29 is 0 Å². The van der Waals surface area contributed by atoms with Gasteiger partial charge in [-0.1, -0.05) is 83.3 Å². The van der Waals surface area contributed by atoms with Crippen LogP contribution in [0, 0.1) is 53.2 Å². The first-order valence-corrected chi connectivity index (χ1v) is 21.4. The molecule has 14 heteroatoms. The average molecular weight is 783 g/mol. The molecule has 0 spiro atoms. The molecule has 0 fully saturated rings. The fourth-order valence-corrected chi connectivity index (χ4v) is 13.0. The van der Waals surface area contributed by atoms with Gasteiger partial charge >= 0.3 is 0 Å². The van der Waals surface area contributed by atoms with E-state index in [1.165, 1.54) is 11.1 Å². The van der Waals surface area contributed by atoms with E-state index >= 15 is 0 Å². The van der Waals surface area contributed by atoms with E-state index in [0.29, 0.717) is 25.7 Å². The molecular formula is C34H34N6S8. The molecule has 2 heterocycles. The van der Waals surface area contributed by atoms with E-state index in [-0.39, 0.29) is 12.1 Å². The highest BCUT2D eigenvalue weighted by Gasteiger charge is 2.20. The minimum absolute atomic E-state index is 0.143. The summed E-state index contributed by atoms with van der Waals surface area (Å²) in [5.41, 5.74) is 2.42. The molecule has 0 bridgehead atoms. The monoisotopic (exact) mass is 782 g/mol. The molecule has 2 atom stereocenters. The number of aromatic nitrogens is 2. The van der Waals surface area contributed by atoms with Crippen LogP contribution in [0.25, 0.3) is 0 Å². The van der Waals surface area contributed by atoms with Crippen LogP contribution in [0.15, 0.2) is 79.1 Å². The zero-order chi connectivity index (χ0) is 34.7. The van der Waals surface area contributed by atoms with Gasteiger partial charge in [0.25, 0.3) is 0 Å². The summed E-state index contributed by atoms with van der Waals surface area (Å²) in [6.07, 6.45) is 2.06. The molecule has 0 amide bonds. The third-order valence-corrected chi connectivity index (χ3v) is 14.7. The molecular weight excluding hydrogens is 749 g/mol. The average Bonchev–Trinajstić information content (AvgIpc) is 3.59. The molecule has 0 unspecified atom stereocenters. The lowest BCUT2D eigenvalue weighted by Gasteiger charge is -2.17. The molecule has 0 saturated heterocycles.